The summed E-state index contributed by atoms with van der Waals surface area (Å²) in [5.41, 5.74) is 0. The predicted molar refractivity (Wildman–Crippen MR) is 29.3 cm³/mol. The fourth-order valence-electron chi connectivity index (χ4n) is 0.167. The summed E-state index contributed by atoms with van der Waals surface area (Å²) in [6, 6.07) is 0. The third-order valence-electron chi connectivity index (χ3n) is 0.667. The monoisotopic (exact) mass is 260 g/mol. The molecular weight excluding hydrogens is 256 g/mol. The summed E-state index contributed by atoms with van der Waals surface area (Å²) in [5, 5.41) is 0. The maximum Gasteiger partial charge on any atom is 2.00 e. The Balaban J connectivity index is -0.0000000200. The van der Waals surface area contributed by atoms with E-state index in [2.05, 4.69) is 12.8 Å². The Kier molecular flexibility index (Phi) is 45.5. The maximum absolute atomic E-state index is 2.25. The summed E-state index contributed by atoms with van der Waals surface area (Å²) in [4.78, 5) is 0. The van der Waals surface area contributed by atoms with Crippen molar-refractivity contribution in [3.8, 4) is 0 Å². The Morgan fingerprint density at radius 3 is 0.875 bits per heavy atom. The van der Waals surface area contributed by atoms with Crippen LogP contribution in [0.25, 0.3) is 0 Å². The average Bonchev–Trinajstić information content (AvgIpc) is 0.722. The summed E-state index contributed by atoms with van der Waals surface area (Å²) in [5.74, 6) is 0. The van der Waals surface area contributed by atoms with E-state index in [1.807, 2.05) is 0 Å². The van der Waals surface area contributed by atoms with Crippen LogP contribution < -0.4 is 34.0 Å². The molecule has 0 aromatic heterocycles. The quantitative estimate of drug-likeness (QED) is 0.302. The van der Waals surface area contributed by atoms with E-state index in [1.54, 1.807) is 0 Å². The summed E-state index contributed by atoms with van der Waals surface area (Å²) in [6.45, 7) is 0. The van der Waals surface area contributed by atoms with Crippen molar-refractivity contribution in [2.75, 3.05) is 0 Å². The van der Waals surface area contributed by atoms with Crippen molar-refractivity contribution < 1.29 is 34.0 Å². The first-order valence-electron chi connectivity index (χ1n) is 1.63. The Morgan fingerprint density at radius 2 is 0.875 bits per heavy atom. The van der Waals surface area contributed by atoms with Crippen LogP contribution in [0, 0.1) is 12.8 Å². The van der Waals surface area contributed by atoms with E-state index in [0.717, 1.165) is 0 Å². The zero-order chi connectivity index (χ0) is 2.83. The van der Waals surface area contributed by atoms with E-state index >= 15 is 0 Å². The van der Waals surface area contributed by atoms with E-state index < -0.39 is 0 Å². The maximum atomic E-state index is 2.25. The molecule has 8 heavy (non-hydrogen) atoms. The minimum Gasteiger partial charge on any atom is -1.00 e. The predicted octanol–water partition coefficient (Wildman–Crippen LogP) is -5.56. The minimum atomic E-state index is 0. The molecule has 1 saturated carbocycles. The van der Waals surface area contributed by atoms with Gasteiger partial charge in [0.1, 0.15) is 0 Å². The van der Waals surface area contributed by atoms with Crippen LogP contribution in [0.3, 0.4) is 0 Å². The van der Waals surface area contributed by atoms with Gasteiger partial charge in [0.05, 0.1) is 0 Å². The van der Waals surface area contributed by atoms with Crippen LogP contribution in [0.15, 0.2) is 0 Å². The van der Waals surface area contributed by atoms with Crippen LogP contribution in [0.5, 0.6) is 0 Å². The van der Waals surface area contributed by atoms with Crippen LogP contribution in [0.2, 0.25) is 0 Å². The average molecular weight is 263 g/mol. The molecule has 1 fully saturated rings. The molecule has 1 rings (SSSR count). The number of halogens is 2. The summed E-state index contributed by atoms with van der Waals surface area (Å²) >= 11 is 0. The first-order chi connectivity index (χ1) is 2.00. The van der Waals surface area contributed by atoms with Gasteiger partial charge in [-0.2, -0.15) is 0 Å². The van der Waals surface area contributed by atoms with Crippen molar-refractivity contribution in [2.24, 2.45) is 0 Å². The molecule has 0 amide bonds. The third kappa shape index (κ3) is 11.3. The molecule has 0 saturated heterocycles. The summed E-state index contributed by atoms with van der Waals surface area (Å²) in [6.07, 6.45) is 7.00. The van der Waals surface area contributed by atoms with Crippen LogP contribution in [-0.2, 0) is 0 Å². The fourth-order valence-corrected chi connectivity index (χ4v) is 0.167. The zero-order valence-electron chi connectivity index (χ0n) is 4.74. The van der Waals surface area contributed by atoms with Gasteiger partial charge in [-0.15, -0.1) is 0 Å². The molecule has 0 aromatic carbocycles. The molecular formula is C4H6Br2Mg2. The molecule has 0 spiro atoms. The molecule has 1 aliphatic carbocycles. The second kappa shape index (κ2) is 16.2. The summed E-state index contributed by atoms with van der Waals surface area (Å²) < 4.78 is 0. The molecule has 0 radical (unpaired) electrons. The van der Waals surface area contributed by atoms with Gasteiger partial charge in [-0.25, -0.2) is 0 Å². The molecule has 0 nitrogen and oxygen atoms in total. The van der Waals surface area contributed by atoms with Crippen LogP contribution in [0.1, 0.15) is 12.8 Å². The first kappa shape index (κ1) is 22.4. The van der Waals surface area contributed by atoms with Crippen LogP contribution >= 0.6 is 0 Å². The Morgan fingerprint density at radius 1 is 0.750 bits per heavy atom. The van der Waals surface area contributed by atoms with Gasteiger partial charge in [0.2, 0.25) is 0 Å². The third-order valence-corrected chi connectivity index (χ3v) is 0.667. The van der Waals surface area contributed by atoms with Gasteiger partial charge in [-0.05, 0) is 0 Å². The van der Waals surface area contributed by atoms with E-state index in [-0.39, 0.29) is 80.1 Å². The molecule has 4 heteroatoms. The van der Waals surface area contributed by atoms with Crippen molar-refractivity contribution in [3.63, 3.8) is 0 Å². The fraction of sp³-hybridized carbons (Fsp3) is 0.500. The second-order valence-electron chi connectivity index (χ2n) is 1.05. The first-order valence-corrected chi connectivity index (χ1v) is 1.63. The van der Waals surface area contributed by atoms with Gasteiger partial charge >= 0.3 is 46.1 Å². The van der Waals surface area contributed by atoms with Crippen molar-refractivity contribution >= 4 is 46.1 Å². The normalized spacial score (nSPS) is 12.0. The van der Waals surface area contributed by atoms with E-state index in [4.69, 9.17) is 0 Å². The molecule has 40 valence electrons. The van der Waals surface area contributed by atoms with Gasteiger partial charge < -0.3 is 59.6 Å². The van der Waals surface area contributed by atoms with Gasteiger partial charge in [0, 0.05) is 0 Å². The zero-order valence-corrected chi connectivity index (χ0v) is 10.7. The van der Waals surface area contributed by atoms with Crippen molar-refractivity contribution in [1.82, 2.24) is 0 Å². The topological polar surface area (TPSA) is 0 Å². The molecule has 0 unspecified atom stereocenters. The largest absolute Gasteiger partial charge is 2.00 e. The van der Waals surface area contributed by atoms with Gasteiger partial charge in [0.25, 0.3) is 0 Å². The standard InChI is InChI=1S/C4H6.2BrH.2Mg/c1-2-4-3-1;;;;/h1,4H,2-3H2;2*1H;;/q-2;;;2*+2/p-2. The Labute approximate surface area is 104 Å². The molecule has 0 atom stereocenters. The van der Waals surface area contributed by atoms with Gasteiger partial charge in [-0.3, -0.25) is 0 Å². The molecule has 0 bridgehead atoms. The number of hydrogen-bond acceptors (Lipinski definition) is 0. The SMILES string of the molecule is [Br-].[Br-].[CH-]1C[CH-]C1.[Mg+2].[Mg+2]. The molecule has 0 N–H and O–H groups in total. The molecule has 0 aromatic rings. The Bertz CT molecular complexity index is 20.0. The number of hydrogen-bond donors (Lipinski definition) is 0. The van der Waals surface area contributed by atoms with Crippen molar-refractivity contribution in [1.29, 1.82) is 0 Å². The van der Waals surface area contributed by atoms with Crippen LogP contribution in [-0.4, -0.2) is 46.1 Å². The minimum absolute atomic E-state index is 0. The molecule has 0 heterocycles. The smallest absolute Gasteiger partial charge is 1.00 e. The number of rotatable bonds is 0. The molecule has 0 aliphatic heterocycles. The Hall–Kier alpha value is 2.49. The second-order valence-corrected chi connectivity index (χ2v) is 1.05. The van der Waals surface area contributed by atoms with Crippen molar-refractivity contribution in [2.45, 2.75) is 12.8 Å². The summed E-state index contributed by atoms with van der Waals surface area (Å²) in [7, 11) is 0. The van der Waals surface area contributed by atoms with Crippen molar-refractivity contribution in [3.05, 3.63) is 12.8 Å². The molecule has 1 aliphatic rings. The van der Waals surface area contributed by atoms with E-state index in [1.165, 1.54) is 12.8 Å². The van der Waals surface area contributed by atoms with E-state index in [9.17, 15) is 0 Å². The van der Waals surface area contributed by atoms with Crippen LogP contribution in [0.4, 0.5) is 0 Å². The van der Waals surface area contributed by atoms with E-state index in [0.29, 0.717) is 0 Å². The van der Waals surface area contributed by atoms with Gasteiger partial charge in [0.15, 0.2) is 0 Å². The van der Waals surface area contributed by atoms with Gasteiger partial charge in [-0.1, -0.05) is 0 Å².